The summed E-state index contributed by atoms with van der Waals surface area (Å²) in [5.41, 5.74) is 3.21. The molecule has 0 heterocycles. The number of nitrogens with zero attached hydrogens (tertiary/aromatic N) is 1. The Morgan fingerprint density at radius 2 is 2.00 bits per heavy atom. The van der Waals surface area contributed by atoms with Crippen LogP contribution < -0.4 is 0 Å². The van der Waals surface area contributed by atoms with E-state index >= 15 is 0 Å². The van der Waals surface area contributed by atoms with Crippen molar-refractivity contribution in [2.45, 2.75) is 17.6 Å². The Labute approximate surface area is 116 Å². The molecule has 18 heavy (non-hydrogen) atoms. The fraction of sp³-hybridized carbons (Fsp3) is 0.133. The van der Waals surface area contributed by atoms with Gasteiger partial charge in [0.05, 0.1) is 5.56 Å². The largest absolute Gasteiger partial charge is 0.192 e. The first-order chi connectivity index (χ1) is 8.70. The fourth-order valence-corrected chi connectivity index (χ4v) is 2.87. The summed E-state index contributed by atoms with van der Waals surface area (Å²) >= 11 is 7.54. The molecule has 0 unspecified atom stereocenters. The molecule has 0 saturated carbocycles. The van der Waals surface area contributed by atoms with Crippen molar-refractivity contribution in [1.29, 1.82) is 5.26 Å². The second-order valence-electron chi connectivity index (χ2n) is 3.97. The Bertz CT molecular complexity index is 602. The molecule has 0 spiro atoms. The van der Waals surface area contributed by atoms with Gasteiger partial charge in [-0.2, -0.15) is 5.26 Å². The maximum atomic E-state index is 9.07. The molecule has 3 heteroatoms. The second kappa shape index (κ2) is 5.95. The van der Waals surface area contributed by atoms with Crippen molar-refractivity contribution in [2.75, 3.05) is 0 Å². The topological polar surface area (TPSA) is 23.8 Å². The van der Waals surface area contributed by atoms with Gasteiger partial charge in [-0.05, 0) is 36.2 Å². The van der Waals surface area contributed by atoms with Gasteiger partial charge in [-0.15, -0.1) is 11.8 Å². The lowest BCUT2D eigenvalue weighted by Gasteiger charge is -2.07. The molecule has 2 aromatic carbocycles. The van der Waals surface area contributed by atoms with Gasteiger partial charge in [0.25, 0.3) is 0 Å². The van der Waals surface area contributed by atoms with E-state index in [1.54, 1.807) is 17.8 Å². The Kier molecular flexibility index (Phi) is 4.30. The van der Waals surface area contributed by atoms with Gasteiger partial charge in [0, 0.05) is 15.7 Å². The van der Waals surface area contributed by atoms with Crippen LogP contribution in [-0.2, 0) is 5.75 Å². The molecule has 0 bridgehead atoms. The van der Waals surface area contributed by atoms with Crippen LogP contribution in [0.15, 0.2) is 47.4 Å². The number of halogens is 1. The van der Waals surface area contributed by atoms with E-state index in [0.29, 0.717) is 10.6 Å². The molecule has 0 N–H and O–H groups in total. The molecule has 0 aromatic heterocycles. The first-order valence-electron chi connectivity index (χ1n) is 5.57. The molecular weight excluding hydrogens is 262 g/mol. The Morgan fingerprint density at radius 1 is 1.22 bits per heavy atom. The quantitative estimate of drug-likeness (QED) is 0.749. The first-order valence-corrected chi connectivity index (χ1v) is 6.94. The predicted octanol–water partition coefficient (Wildman–Crippen LogP) is 4.81. The van der Waals surface area contributed by atoms with Crippen molar-refractivity contribution in [3.63, 3.8) is 0 Å². The summed E-state index contributed by atoms with van der Waals surface area (Å²) in [6.45, 7) is 2.10. The summed E-state index contributed by atoms with van der Waals surface area (Å²) in [6, 6.07) is 15.9. The van der Waals surface area contributed by atoms with E-state index in [1.165, 1.54) is 11.1 Å². The second-order valence-corrected chi connectivity index (χ2v) is 5.42. The van der Waals surface area contributed by atoms with Gasteiger partial charge in [-0.1, -0.05) is 35.9 Å². The molecule has 0 aliphatic heterocycles. The number of nitriles is 1. The van der Waals surface area contributed by atoms with Gasteiger partial charge in [-0.3, -0.25) is 0 Å². The Balaban J connectivity index is 2.16. The van der Waals surface area contributed by atoms with Crippen LogP contribution in [0.3, 0.4) is 0 Å². The highest BCUT2D eigenvalue weighted by molar-refractivity contribution is 7.98. The smallest absolute Gasteiger partial charge is 0.100 e. The summed E-state index contributed by atoms with van der Waals surface area (Å²) in [6.07, 6.45) is 0. The highest BCUT2D eigenvalue weighted by Gasteiger charge is 2.05. The van der Waals surface area contributed by atoms with Crippen LogP contribution in [0.4, 0.5) is 0 Å². The van der Waals surface area contributed by atoms with E-state index in [0.717, 1.165) is 10.6 Å². The van der Waals surface area contributed by atoms with Crippen molar-refractivity contribution in [1.82, 2.24) is 0 Å². The van der Waals surface area contributed by atoms with Gasteiger partial charge in [0.15, 0.2) is 0 Å². The van der Waals surface area contributed by atoms with E-state index in [9.17, 15) is 0 Å². The lowest BCUT2D eigenvalue weighted by atomic mass is 10.1. The van der Waals surface area contributed by atoms with E-state index < -0.39 is 0 Å². The zero-order valence-corrected chi connectivity index (χ0v) is 11.6. The minimum absolute atomic E-state index is 0.604. The van der Waals surface area contributed by atoms with Gasteiger partial charge in [0.1, 0.15) is 6.07 Å². The van der Waals surface area contributed by atoms with Crippen LogP contribution in [-0.4, -0.2) is 0 Å². The summed E-state index contributed by atoms with van der Waals surface area (Å²) in [4.78, 5) is 0.977. The number of rotatable bonds is 3. The third-order valence-corrected chi connectivity index (χ3v) is 4.06. The Hall–Kier alpha value is -1.43. The van der Waals surface area contributed by atoms with Crippen LogP contribution in [0.5, 0.6) is 0 Å². The van der Waals surface area contributed by atoms with Crippen LogP contribution in [0.2, 0.25) is 5.02 Å². The maximum absolute atomic E-state index is 9.07. The summed E-state index contributed by atoms with van der Waals surface area (Å²) in [5, 5.41) is 9.68. The van der Waals surface area contributed by atoms with Gasteiger partial charge in [0.2, 0.25) is 0 Å². The average molecular weight is 274 g/mol. The minimum Gasteiger partial charge on any atom is -0.192 e. The molecule has 0 saturated heterocycles. The molecule has 1 nitrogen and oxygen atoms in total. The SMILES string of the molecule is Cc1ccccc1CSc1ccc(Cl)cc1C#N. The van der Waals surface area contributed by atoms with Crippen molar-refractivity contribution in [3.05, 3.63) is 64.2 Å². The normalized spacial score (nSPS) is 10.1. The number of aryl methyl sites for hydroxylation is 1. The van der Waals surface area contributed by atoms with E-state index in [1.807, 2.05) is 24.3 Å². The van der Waals surface area contributed by atoms with Gasteiger partial charge < -0.3 is 0 Å². The molecule has 0 radical (unpaired) electrons. The standard InChI is InChI=1S/C15H12ClNS/c1-11-4-2-3-5-12(11)10-18-15-7-6-14(16)8-13(15)9-17/h2-8H,10H2,1H3. The highest BCUT2D eigenvalue weighted by atomic mass is 35.5. The third-order valence-electron chi connectivity index (χ3n) is 2.71. The molecule has 0 aliphatic carbocycles. The van der Waals surface area contributed by atoms with Crippen molar-refractivity contribution in [2.24, 2.45) is 0 Å². The lowest BCUT2D eigenvalue weighted by molar-refractivity contribution is 1.29. The van der Waals surface area contributed by atoms with Crippen LogP contribution >= 0.6 is 23.4 Å². The van der Waals surface area contributed by atoms with Crippen molar-refractivity contribution in [3.8, 4) is 6.07 Å². The molecule has 0 aliphatic rings. The monoisotopic (exact) mass is 273 g/mol. The molecule has 0 fully saturated rings. The predicted molar refractivity (Wildman–Crippen MR) is 76.9 cm³/mol. The van der Waals surface area contributed by atoms with E-state index in [2.05, 4.69) is 25.1 Å². The average Bonchev–Trinajstić information content (AvgIpc) is 2.39. The molecule has 2 aromatic rings. The lowest BCUT2D eigenvalue weighted by Crippen LogP contribution is -1.87. The molecule has 0 atom stereocenters. The number of hydrogen-bond donors (Lipinski definition) is 0. The van der Waals surface area contributed by atoms with Crippen molar-refractivity contribution >= 4 is 23.4 Å². The zero-order valence-electron chi connectivity index (χ0n) is 9.98. The minimum atomic E-state index is 0.604. The number of hydrogen-bond acceptors (Lipinski definition) is 2. The molecule has 0 amide bonds. The fourth-order valence-electron chi connectivity index (χ4n) is 1.64. The third kappa shape index (κ3) is 3.07. The van der Waals surface area contributed by atoms with Crippen LogP contribution in [0, 0.1) is 18.3 Å². The molecule has 2 rings (SSSR count). The molecule has 90 valence electrons. The first kappa shape index (κ1) is 13.0. The maximum Gasteiger partial charge on any atom is 0.100 e. The highest BCUT2D eigenvalue weighted by Crippen LogP contribution is 2.28. The Morgan fingerprint density at radius 3 is 2.72 bits per heavy atom. The van der Waals surface area contributed by atoms with E-state index in [-0.39, 0.29) is 0 Å². The number of thioether (sulfide) groups is 1. The van der Waals surface area contributed by atoms with Gasteiger partial charge >= 0.3 is 0 Å². The summed E-state index contributed by atoms with van der Waals surface area (Å²) < 4.78 is 0. The summed E-state index contributed by atoms with van der Waals surface area (Å²) in [5.74, 6) is 0.864. The van der Waals surface area contributed by atoms with Crippen LogP contribution in [0.25, 0.3) is 0 Å². The van der Waals surface area contributed by atoms with Crippen LogP contribution in [0.1, 0.15) is 16.7 Å². The van der Waals surface area contributed by atoms with Crippen molar-refractivity contribution < 1.29 is 0 Å². The van der Waals surface area contributed by atoms with E-state index in [4.69, 9.17) is 16.9 Å². The summed E-state index contributed by atoms with van der Waals surface area (Å²) in [7, 11) is 0. The molecular formula is C15H12ClNS. The number of benzene rings is 2. The van der Waals surface area contributed by atoms with Gasteiger partial charge in [-0.25, -0.2) is 0 Å². The zero-order chi connectivity index (χ0) is 13.0.